The number of carboxylic acid groups (broad SMARTS) is 1. The molecule has 0 bridgehead atoms. The highest BCUT2D eigenvalue weighted by atomic mass is 32.2. The first-order chi connectivity index (χ1) is 9.35. The predicted molar refractivity (Wildman–Crippen MR) is 57.7 cm³/mol. The van der Waals surface area contributed by atoms with E-state index < -0.39 is 50.0 Å². The Morgan fingerprint density at radius 1 is 1.29 bits per heavy atom. The van der Waals surface area contributed by atoms with Crippen LogP contribution in [0.4, 0.5) is 13.2 Å². The number of ether oxygens (including phenoxy) is 1. The fourth-order valence-corrected chi connectivity index (χ4v) is 2.11. The van der Waals surface area contributed by atoms with Crippen molar-refractivity contribution in [3.63, 3.8) is 0 Å². The minimum atomic E-state index is -5.39. The van der Waals surface area contributed by atoms with Gasteiger partial charge < -0.3 is 14.4 Å². The summed E-state index contributed by atoms with van der Waals surface area (Å²) in [7, 11) is -5.39. The van der Waals surface area contributed by atoms with E-state index in [2.05, 4.69) is 4.74 Å². The SMILES string of the molecule is CC(=O)Oc1c(C(F)(F)F)ccc(S(=O)(=O)[O-])c1C(=O)O. The number of carboxylic acids is 1. The molecule has 1 aromatic rings. The van der Waals surface area contributed by atoms with Crippen molar-refractivity contribution >= 4 is 22.1 Å². The van der Waals surface area contributed by atoms with Crippen LogP contribution in [0.15, 0.2) is 17.0 Å². The first-order valence-corrected chi connectivity index (χ1v) is 6.38. The number of esters is 1. The van der Waals surface area contributed by atoms with E-state index in [0.29, 0.717) is 6.92 Å². The molecule has 7 nitrogen and oxygen atoms in total. The molecule has 0 amide bonds. The summed E-state index contributed by atoms with van der Waals surface area (Å²) in [6.07, 6.45) is -5.12. The van der Waals surface area contributed by atoms with Crippen molar-refractivity contribution in [1.29, 1.82) is 0 Å². The fourth-order valence-electron chi connectivity index (χ4n) is 1.45. The molecule has 0 aromatic heterocycles. The van der Waals surface area contributed by atoms with Crippen LogP contribution >= 0.6 is 0 Å². The Hall–Kier alpha value is -2.14. The van der Waals surface area contributed by atoms with Crippen molar-refractivity contribution in [3.05, 3.63) is 23.3 Å². The van der Waals surface area contributed by atoms with Gasteiger partial charge in [0.1, 0.15) is 15.7 Å². The molecule has 0 fully saturated rings. The molecule has 1 N–H and O–H groups in total. The normalized spacial score (nSPS) is 12.0. The van der Waals surface area contributed by atoms with Gasteiger partial charge in [-0.2, -0.15) is 13.2 Å². The van der Waals surface area contributed by atoms with Crippen LogP contribution in [0, 0.1) is 0 Å². The van der Waals surface area contributed by atoms with E-state index in [1.165, 1.54) is 0 Å². The maximum atomic E-state index is 12.8. The standard InChI is InChI=1S/C10H7F3O7S/c1-4(14)20-8-5(10(11,12)13)2-3-6(21(17,18)19)7(8)9(15)16/h2-3H,1H3,(H,15,16)(H,17,18,19)/p-1. The van der Waals surface area contributed by atoms with Gasteiger partial charge in [0.05, 0.1) is 10.5 Å². The largest absolute Gasteiger partial charge is 0.744 e. The van der Waals surface area contributed by atoms with Gasteiger partial charge in [-0.1, -0.05) is 0 Å². The minimum absolute atomic E-state index is 0.148. The van der Waals surface area contributed by atoms with E-state index in [1.807, 2.05) is 0 Å². The highest BCUT2D eigenvalue weighted by Gasteiger charge is 2.38. The smallest absolute Gasteiger partial charge is 0.420 e. The van der Waals surface area contributed by atoms with Crippen LogP contribution in [0.3, 0.4) is 0 Å². The molecule has 0 aliphatic heterocycles. The molecule has 116 valence electrons. The van der Waals surface area contributed by atoms with Crippen molar-refractivity contribution < 1.29 is 45.6 Å². The summed E-state index contributed by atoms with van der Waals surface area (Å²) >= 11 is 0. The Balaban J connectivity index is 3.88. The van der Waals surface area contributed by atoms with E-state index in [0.717, 1.165) is 0 Å². The number of hydrogen-bond donors (Lipinski definition) is 1. The molecule has 11 heteroatoms. The Kier molecular flexibility index (Phi) is 4.29. The molecule has 0 radical (unpaired) electrons. The average Bonchev–Trinajstić information content (AvgIpc) is 2.23. The number of halogens is 3. The van der Waals surface area contributed by atoms with Crippen LogP contribution in [0.25, 0.3) is 0 Å². The lowest BCUT2D eigenvalue weighted by atomic mass is 10.1. The zero-order valence-corrected chi connectivity index (χ0v) is 10.9. The first kappa shape index (κ1) is 16.9. The third-order valence-corrected chi connectivity index (χ3v) is 3.03. The fraction of sp³-hybridized carbons (Fsp3) is 0.200. The van der Waals surface area contributed by atoms with Crippen molar-refractivity contribution in [3.8, 4) is 5.75 Å². The third kappa shape index (κ3) is 3.70. The second-order valence-corrected chi connectivity index (χ2v) is 5.01. The molecule has 0 unspecified atom stereocenters. The molecule has 1 rings (SSSR count). The van der Waals surface area contributed by atoms with Gasteiger partial charge in [0.15, 0.2) is 5.75 Å². The third-order valence-electron chi connectivity index (χ3n) is 2.15. The van der Waals surface area contributed by atoms with Gasteiger partial charge in [-0.25, -0.2) is 13.2 Å². The number of hydrogen-bond acceptors (Lipinski definition) is 6. The number of benzene rings is 1. The van der Waals surface area contributed by atoms with E-state index in [4.69, 9.17) is 5.11 Å². The molecule has 0 saturated carbocycles. The summed E-state index contributed by atoms with van der Waals surface area (Å²) in [4.78, 5) is 20.4. The predicted octanol–water partition coefficient (Wildman–Crippen LogP) is 1.23. The quantitative estimate of drug-likeness (QED) is 0.503. The van der Waals surface area contributed by atoms with Crippen molar-refractivity contribution in [2.45, 2.75) is 18.0 Å². The van der Waals surface area contributed by atoms with Crippen molar-refractivity contribution in [1.82, 2.24) is 0 Å². The lowest BCUT2D eigenvalue weighted by molar-refractivity contribution is -0.141. The second-order valence-electron chi connectivity index (χ2n) is 3.67. The number of rotatable bonds is 3. The highest BCUT2D eigenvalue weighted by Crippen LogP contribution is 2.40. The molecule has 1 aromatic carbocycles. The maximum absolute atomic E-state index is 12.8. The van der Waals surface area contributed by atoms with Crippen LogP contribution in [-0.2, 0) is 21.1 Å². The van der Waals surface area contributed by atoms with Gasteiger partial charge in [-0.05, 0) is 12.1 Å². The minimum Gasteiger partial charge on any atom is -0.744 e. The Bertz CT molecular complexity index is 706. The lowest BCUT2D eigenvalue weighted by Crippen LogP contribution is -2.18. The van der Waals surface area contributed by atoms with Gasteiger partial charge in [0.2, 0.25) is 0 Å². The molecule has 0 saturated heterocycles. The molecule has 0 aliphatic carbocycles. The van der Waals surface area contributed by atoms with E-state index >= 15 is 0 Å². The number of alkyl halides is 3. The summed E-state index contributed by atoms with van der Waals surface area (Å²) in [5, 5.41) is 8.85. The first-order valence-electron chi connectivity index (χ1n) is 4.97. The summed E-state index contributed by atoms with van der Waals surface area (Å²) < 4.78 is 75.2. The van der Waals surface area contributed by atoms with E-state index in [1.54, 1.807) is 0 Å². The van der Waals surface area contributed by atoms with E-state index in [-0.39, 0.29) is 12.1 Å². The molecule has 0 atom stereocenters. The number of carbonyl (C=O) groups is 2. The molecule has 0 spiro atoms. The van der Waals surface area contributed by atoms with Gasteiger partial charge in [-0.15, -0.1) is 0 Å². The van der Waals surface area contributed by atoms with Crippen LogP contribution in [0.1, 0.15) is 22.8 Å². The van der Waals surface area contributed by atoms with Crippen molar-refractivity contribution in [2.75, 3.05) is 0 Å². The molecular weight excluding hydrogens is 321 g/mol. The number of carbonyl (C=O) groups excluding carboxylic acids is 1. The lowest BCUT2D eigenvalue weighted by Gasteiger charge is -2.18. The summed E-state index contributed by atoms with van der Waals surface area (Å²) in [5.74, 6) is -5.02. The van der Waals surface area contributed by atoms with Gasteiger partial charge in [0, 0.05) is 6.92 Å². The zero-order chi connectivity index (χ0) is 16.6. The Morgan fingerprint density at radius 2 is 1.81 bits per heavy atom. The van der Waals surface area contributed by atoms with Crippen LogP contribution in [0.5, 0.6) is 5.75 Å². The monoisotopic (exact) mass is 327 g/mol. The second kappa shape index (κ2) is 5.33. The van der Waals surface area contributed by atoms with Gasteiger partial charge in [0.25, 0.3) is 0 Å². The van der Waals surface area contributed by atoms with E-state index in [9.17, 15) is 35.7 Å². The summed E-state index contributed by atoms with van der Waals surface area (Å²) in [5.41, 5.74) is -3.24. The van der Waals surface area contributed by atoms with Crippen LogP contribution in [-0.4, -0.2) is 30.0 Å². The molecule has 0 aliphatic rings. The Morgan fingerprint density at radius 3 is 2.14 bits per heavy atom. The highest BCUT2D eigenvalue weighted by molar-refractivity contribution is 7.85. The number of aromatic carboxylic acids is 1. The average molecular weight is 327 g/mol. The summed E-state index contributed by atoms with van der Waals surface area (Å²) in [6, 6.07) is 0.344. The topological polar surface area (TPSA) is 121 Å². The maximum Gasteiger partial charge on any atom is 0.420 e. The molecular formula is C10H6F3O7S-. The Labute approximate surface area is 115 Å². The van der Waals surface area contributed by atoms with Gasteiger partial charge >= 0.3 is 18.1 Å². The summed E-state index contributed by atoms with van der Waals surface area (Å²) in [6.45, 7) is 0.685. The van der Waals surface area contributed by atoms with Gasteiger partial charge in [-0.3, -0.25) is 4.79 Å². The van der Waals surface area contributed by atoms with Crippen LogP contribution < -0.4 is 4.74 Å². The molecule has 0 heterocycles. The molecule has 21 heavy (non-hydrogen) atoms. The van der Waals surface area contributed by atoms with Crippen LogP contribution in [0.2, 0.25) is 0 Å². The van der Waals surface area contributed by atoms with Crippen molar-refractivity contribution in [2.24, 2.45) is 0 Å². The zero-order valence-electron chi connectivity index (χ0n) is 10.1.